The highest BCUT2D eigenvalue weighted by atomic mass is 16.6. The first-order chi connectivity index (χ1) is 12.3. The molecule has 0 aromatic heterocycles. The summed E-state index contributed by atoms with van der Waals surface area (Å²) in [5.74, 6) is 0.338. The highest BCUT2D eigenvalue weighted by Crippen LogP contribution is 2.24. The molecule has 1 atom stereocenters. The molecule has 0 saturated carbocycles. The number of rotatable bonds is 7. The minimum absolute atomic E-state index is 0.284. The summed E-state index contributed by atoms with van der Waals surface area (Å²) in [6, 6.07) is 16.2. The van der Waals surface area contributed by atoms with Crippen LogP contribution < -0.4 is 0 Å². The largest absolute Gasteiger partial charge is 0.456 e. The highest BCUT2D eigenvalue weighted by Gasteiger charge is 2.18. The van der Waals surface area contributed by atoms with Gasteiger partial charge in [-0.1, -0.05) is 49.4 Å². The lowest BCUT2D eigenvalue weighted by Crippen LogP contribution is -2.23. The third-order valence-electron chi connectivity index (χ3n) is 4.21. The van der Waals surface area contributed by atoms with Crippen molar-refractivity contribution in [3.05, 3.63) is 72.3 Å². The molecule has 2 aromatic rings. The summed E-state index contributed by atoms with van der Waals surface area (Å²) >= 11 is 0. The molecule has 2 nitrogen and oxygen atoms in total. The number of esters is 1. The van der Waals surface area contributed by atoms with Crippen LogP contribution in [-0.4, -0.2) is 11.6 Å². The monoisotopic (exact) mass is 350 g/mol. The van der Waals surface area contributed by atoms with Gasteiger partial charge < -0.3 is 4.74 Å². The molecule has 0 amide bonds. The number of carbonyl (C=O) groups is 1. The first kappa shape index (κ1) is 20.0. The van der Waals surface area contributed by atoms with E-state index in [9.17, 15) is 4.79 Å². The van der Waals surface area contributed by atoms with Crippen LogP contribution in [0.1, 0.15) is 56.5 Å². The molecule has 2 aromatic carbocycles. The van der Waals surface area contributed by atoms with Crippen LogP contribution in [0, 0.1) is 5.92 Å². The molecule has 0 N–H and O–H groups in total. The summed E-state index contributed by atoms with van der Waals surface area (Å²) in [6.45, 7) is 11.7. The van der Waals surface area contributed by atoms with E-state index in [0.29, 0.717) is 11.5 Å². The van der Waals surface area contributed by atoms with Gasteiger partial charge in [0.25, 0.3) is 0 Å². The van der Waals surface area contributed by atoms with E-state index in [2.05, 4.69) is 37.8 Å². The predicted molar refractivity (Wildman–Crippen MR) is 109 cm³/mol. The Balaban J connectivity index is 2.18. The van der Waals surface area contributed by atoms with E-state index < -0.39 is 5.60 Å². The Morgan fingerprint density at radius 3 is 2.42 bits per heavy atom. The van der Waals surface area contributed by atoms with Crippen molar-refractivity contribution < 1.29 is 9.53 Å². The van der Waals surface area contributed by atoms with E-state index in [4.69, 9.17) is 4.74 Å². The average molecular weight is 351 g/mol. The van der Waals surface area contributed by atoms with Crippen LogP contribution in [0.5, 0.6) is 0 Å². The lowest BCUT2D eigenvalue weighted by atomic mass is 9.94. The third-order valence-corrected chi connectivity index (χ3v) is 4.21. The Labute approximate surface area is 157 Å². The Kier molecular flexibility index (Phi) is 6.79. The van der Waals surface area contributed by atoms with E-state index >= 15 is 0 Å². The van der Waals surface area contributed by atoms with Crippen molar-refractivity contribution in [2.75, 3.05) is 0 Å². The fourth-order valence-corrected chi connectivity index (χ4v) is 2.95. The Hall–Kier alpha value is -2.35. The Morgan fingerprint density at radius 2 is 1.77 bits per heavy atom. The van der Waals surface area contributed by atoms with Crippen molar-refractivity contribution in [1.82, 2.24) is 0 Å². The van der Waals surface area contributed by atoms with Crippen molar-refractivity contribution >= 4 is 5.97 Å². The lowest BCUT2D eigenvalue weighted by molar-refractivity contribution is 0.00696. The van der Waals surface area contributed by atoms with Gasteiger partial charge in [-0.3, -0.25) is 0 Å². The Morgan fingerprint density at radius 1 is 1.12 bits per heavy atom. The smallest absolute Gasteiger partial charge is 0.338 e. The first-order valence-corrected chi connectivity index (χ1v) is 9.32. The van der Waals surface area contributed by atoms with Crippen LogP contribution in [0.4, 0.5) is 0 Å². The van der Waals surface area contributed by atoms with Gasteiger partial charge in [0.05, 0.1) is 5.56 Å². The second kappa shape index (κ2) is 8.84. The topological polar surface area (TPSA) is 26.3 Å². The maximum atomic E-state index is 12.3. The molecule has 0 spiro atoms. The maximum Gasteiger partial charge on any atom is 0.338 e. The van der Waals surface area contributed by atoms with Gasteiger partial charge in [-0.05, 0) is 74.8 Å². The fraction of sp³-hybridized carbons (Fsp3) is 0.375. The van der Waals surface area contributed by atoms with Gasteiger partial charge in [0.1, 0.15) is 5.60 Å². The molecule has 0 radical (unpaired) electrons. The minimum atomic E-state index is -0.491. The molecular weight excluding hydrogens is 320 g/mol. The highest BCUT2D eigenvalue weighted by molar-refractivity contribution is 5.91. The summed E-state index contributed by atoms with van der Waals surface area (Å²) in [5, 5.41) is 0. The quantitative estimate of drug-likeness (QED) is 0.423. The van der Waals surface area contributed by atoms with Crippen molar-refractivity contribution in [3.63, 3.8) is 0 Å². The van der Waals surface area contributed by atoms with Gasteiger partial charge in [0, 0.05) is 0 Å². The summed E-state index contributed by atoms with van der Waals surface area (Å²) in [6.07, 6.45) is 5.24. The van der Waals surface area contributed by atoms with Crippen molar-refractivity contribution in [1.29, 1.82) is 0 Å². The number of ether oxygens (including phenoxy) is 1. The number of allylic oxidation sites excluding steroid dienone is 1. The molecule has 0 aliphatic heterocycles. The van der Waals surface area contributed by atoms with Crippen LogP contribution in [-0.2, 0) is 11.2 Å². The maximum absolute atomic E-state index is 12.3. The zero-order valence-corrected chi connectivity index (χ0v) is 16.4. The second-order valence-corrected chi connectivity index (χ2v) is 7.96. The summed E-state index contributed by atoms with van der Waals surface area (Å²) < 4.78 is 5.48. The van der Waals surface area contributed by atoms with E-state index in [1.807, 2.05) is 45.0 Å². The molecule has 26 heavy (non-hydrogen) atoms. The zero-order chi connectivity index (χ0) is 19.2. The predicted octanol–water partition coefficient (Wildman–Crippen LogP) is 6.45. The molecule has 2 rings (SSSR count). The zero-order valence-electron chi connectivity index (χ0n) is 16.4. The van der Waals surface area contributed by atoms with Crippen LogP contribution in [0.25, 0.3) is 11.1 Å². The summed E-state index contributed by atoms with van der Waals surface area (Å²) in [5.41, 5.74) is 3.58. The van der Waals surface area contributed by atoms with Gasteiger partial charge in [-0.2, -0.15) is 0 Å². The van der Waals surface area contributed by atoms with E-state index in [1.165, 1.54) is 5.56 Å². The molecule has 0 saturated heterocycles. The van der Waals surface area contributed by atoms with Crippen LogP contribution in [0.15, 0.2) is 61.2 Å². The van der Waals surface area contributed by atoms with Crippen LogP contribution >= 0.6 is 0 Å². The van der Waals surface area contributed by atoms with Crippen molar-refractivity contribution in [3.8, 4) is 11.1 Å². The lowest BCUT2D eigenvalue weighted by Gasteiger charge is -2.19. The van der Waals surface area contributed by atoms with E-state index in [1.54, 1.807) is 6.07 Å². The van der Waals surface area contributed by atoms with Crippen molar-refractivity contribution in [2.45, 2.75) is 52.6 Å². The minimum Gasteiger partial charge on any atom is -0.456 e. The van der Waals surface area contributed by atoms with Crippen LogP contribution in [0.3, 0.4) is 0 Å². The van der Waals surface area contributed by atoms with Gasteiger partial charge in [-0.25, -0.2) is 4.79 Å². The van der Waals surface area contributed by atoms with E-state index in [-0.39, 0.29) is 5.97 Å². The SMILES string of the molecule is C=CCCC(C)Cc1cccc(-c2cccc(C(=O)OC(C)(C)C)c2)c1. The van der Waals surface area contributed by atoms with Gasteiger partial charge in [0.2, 0.25) is 0 Å². The number of hydrogen-bond acceptors (Lipinski definition) is 2. The molecule has 0 aliphatic rings. The summed E-state index contributed by atoms with van der Waals surface area (Å²) in [4.78, 5) is 12.3. The molecule has 1 unspecified atom stereocenters. The molecule has 0 heterocycles. The normalized spacial score (nSPS) is 12.5. The number of hydrogen-bond donors (Lipinski definition) is 0. The first-order valence-electron chi connectivity index (χ1n) is 9.32. The van der Waals surface area contributed by atoms with Gasteiger partial charge in [0.15, 0.2) is 0 Å². The third kappa shape index (κ3) is 6.18. The number of carbonyl (C=O) groups excluding carboxylic acids is 1. The second-order valence-electron chi connectivity index (χ2n) is 7.96. The fourth-order valence-electron chi connectivity index (χ4n) is 2.95. The summed E-state index contributed by atoms with van der Waals surface area (Å²) in [7, 11) is 0. The standard InChI is InChI=1S/C24H30O2/c1-6-7-10-18(2)15-19-11-8-12-20(16-19)21-13-9-14-22(17-21)23(25)26-24(3,4)5/h6,8-9,11-14,16-18H,1,7,10,15H2,2-5H3. The molecule has 0 fully saturated rings. The van der Waals surface area contributed by atoms with Crippen molar-refractivity contribution in [2.24, 2.45) is 5.92 Å². The van der Waals surface area contributed by atoms with E-state index in [0.717, 1.165) is 30.4 Å². The van der Waals surface area contributed by atoms with Crippen LogP contribution in [0.2, 0.25) is 0 Å². The number of benzene rings is 2. The molecular formula is C24H30O2. The molecule has 138 valence electrons. The molecule has 0 bridgehead atoms. The van der Waals surface area contributed by atoms with Gasteiger partial charge >= 0.3 is 5.97 Å². The average Bonchev–Trinajstić information content (AvgIpc) is 2.59. The molecule has 2 heteroatoms. The molecule has 0 aliphatic carbocycles. The Bertz CT molecular complexity index is 753. The van der Waals surface area contributed by atoms with Gasteiger partial charge in [-0.15, -0.1) is 6.58 Å².